The number of aromatic amines is 1. The summed E-state index contributed by atoms with van der Waals surface area (Å²) in [5.41, 5.74) is 3.03. The third-order valence-electron chi connectivity index (χ3n) is 4.28. The molecule has 0 spiro atoms. The molecule has 1 aromatic carbocycles. The molecule has 0 aliphatic heterocycles. The predicted octanol–water partition coefficient (Wildman–Crippen LogP) is 3.85. The van der Waals surface area contributed by atoms with E-state index in [1.807, 2.05) is 46.3 Å². The highest BCUT2D eigenvalue weighted by Gasteiger charge is 2.14. The molecule has 5 aromatic rings. The molecule has 5 rings (SSSR count). The number of amides is 1. The first kappa shape index (κ1) is 15.5. The van der Waals surface area contributed by atoms with Gasteiger partial charge >= 0.3 is 0 Å². The molecule has 4 heterocycles. The molecule has 2 N–H and O–H groups in total. The Morgan fingerprint density at radius 3 is 3.12 bits per heavy atom. The Bertz CT molecular complexity index is 1200. The fourth-order valence-corrected chi connectivity index (χ4v) is 4.74. The van der Waals surface area contributed by atoms with Gasteiger partial charge in [-0.1, -0.05) is 12.1 Å². The van der Waals surface area contributed by atoms with Gasteiger partial charge in [-0.3, -0.25) is 9.20 Å². The molecule has 0 saturated heterocycles. The van der Waals surface area contributed by atoms with Crippen molar-refractivity contribution in [1.29, 1.82) is 0 Å². The molecule has 0 aliphatic carbocycles. The largest absolute Gasteiger partial charge is 0.351 e. The van der Waals surface area contributed by atoms with Gasteiger partial charge < -0.3 is 10.3 Å². The van der Waals surface area contributed by atoms with Crippen molar-refractivity contribution in [1.82, 2.24) is 24.7 Å². The molecule has 4 aromatic heterocycles. The molecule has 0 aliphatic rings. The number of carbonyl (C=O) groups excluding carboxylic acids is 1. The fraction of sp³-hybridized carbons (Fsp3) is 0.167. The van der Waals surface area contributed by atoms with Crippen molar-refractivity contribution in [3.8, 4) is 0 Å². The van der Waals surface area contributed by atoms with Gasteiger partial charge in [-0.2, -0.15) is 0 Å². The maximum Gasteiger partial charge on any atom is 0.261 e. The Morgan fingerprint density at radius 1 is 1.27 bits per heavy atom. The fourth-order valence-electron chi connectivity index (χ4n) is 3.03. The number of nitrogens with zero attached hydrogens (tertiary/aromatic N) is 3. The first-order chi connectivity index (χ1) is 12.8. The molecule has 1 amide bonds. The number of para-hydroxylation sites is 2. The minimum absolute atomic E-state index is 0.0402. The lowest BCUT2D eigenvalue weighted by atomic mass is 10.3. The second-order valence-corrected chi connectivity index (χ2v) is 7.93. The van der Waals surface area contributed by atoms with Gasteiger partial charge in [0.05, 0.1) is 21.4 Å². The number of rotatable bonds is 5. The van der Waals surface area contributed by atoms with Gasteiger partial charge in [0.1, 0.15) is 10.7 Å². The summed E-state index contributed by atoms with van der Waals surface area (Å²) in [5, 5.41) is 4.99. The quantitative estimate of drug-likeness (QED) is 0.454. The summed E-state index contributed by atoms with van der Waals surface area (Å²) < 4.78 is 2.02. The molecule has 26 heavy (non-hydrogen) atoms. The van der Waals surface area contributed by atoms with Gasteiger partial charge in [-0.25, -0.2) is 9.97 Å². The van der Waals surface area contributed by atoms with Gasteiger partial charge in [0.15, 0.2) is 4.96 Å². The van der Waals surface area contributed by atoms with E-state index in [1.54, 1.807) is 11.3 Å². The van der Waals surface area contributed by atoms with Gasteiger partial charge in [0, 0.05) is 24.5 Å². The van der Waals surface area contributed by atoms with Crippen LogP contribution in [0.15, 0.2) is 41.9 Å². The van der Waals surface area contributed by atoms with Crippen LogP contribution >= 0.6 is 22.7 Å². The van der Waals surface area contributed by atoms with Crippen LogP contribution in [0.25, 0.3) is 26.3 Å². The number of benzene rings is 1. The normalized spacial score (nSPS) is 11.7. The summed E-state index contributed by atoms with van der Waals surface area (Å²) in [6.07, 6.45) is 3.63. The topological polar surface area (TPSA) is 75.1 Å². The van der Waals surface area contributed by atoms with Crippen molar-refractivity contribution >= 4 is 54.9 Å². The molecule has 130 valence electrons. The van der Waals surface area contributed by atoms with E-state index in [1.165, 1.54) is 11.3 Å². The van der Waals surface area contributed by atoms with Crippen molar-refractivity contribution in [2.24, 2.45) is 0 Å². The second-order valence-electron chi connectivity index (χ2n) is 6.03. The Balaban J connectivity index is 1.21. The van der Waals surface area contributed by atoms with Crippen molar-refractivity contribution in [2.45, 2.75) is 12.8 Å². The average Bonchev–Trinajstić information content (AvgIpc) is 3.38. The van der Waals surface area contributed by atoms with Gasteiger partial charge in [-0.05, 0) is 24.6 Å². The summed E-state index contributed by atoms with van der Waals surface area (Å²) in [5.74, 6) is 0.914. The number of imidazole rings is 2. The van der Waals surface area contributed by atoms with E-state index in [4.69, 9.17) is 0 Å². The van der Waals surface area contributed by atoms with Crippen LogP contribution in [-0.4, -0.2) is 31.8 Å². The molecule has 0 radical (unpaired) electrons. The van der Waals surface area contributed by atoms with Crippen molar-refractivity contribution in [3.63, 3.8) is 0 Å². The Morgan fingerprint density at radius 2 is 2.19 bits per heavy atom. The van der Waals surface area contributed by atoms with E-state index in [0.29, 0.717) is 11.4 Å². The number of thiazole rings is 1. The number of aromatic nitrogens is 4. The van der Waals surface area contributed by atoms with Crippen LogP contribution < -0.4 is 5.32 Å². The van der Waals surface area contributed by atoms with E-state index in [2.05, 4.69) is 20.3 Å². The first-order valence-corrected chi connectivity index (χ1v) is 10.0. The smallest absolute Gasteiger partial charge is 0.261 e. The molecule has 8 heteroatoms. The van der Waals surface area contributed by atoms with Crippen LogP contribution in [0.4, 0.5) is 0 Å². The lowest BCUT2D eigenvalue weighted by molar-refractivity contribution is 0.0957. The number of fused-ring (bicyclic) bond motifs is 4. The molecule has 0 fully saturated rings. The summed E-state index contributed by atoms with van der Waals surface area (Å²) >= 11 is 3.03. The first-order valence-electron chi connectivity index (χ1n) is 8.35. The minimum atomic E-state index is -0.0402. The van der Waals surface area contributed by atoms with Crippen LogP contribution in [0.3, 0.4) is 0 Å². The Labute approximate surface area is 156 Å². The van der Waals surface area contributed by atoms with Crippen LogP contribution in [0.5, 0.6) is 0 Å². The number of nitrogens with one attached hydrogen (secondary N) is 2. The van der Waals surface area contributed by atoms with Crippen molar-refractivity contribution < 1.29 is 4.79 Å². The Kier molecular flexibility index (Phi) is 3.72. The van der Waals surface area contributed by atoms with E-state index >= 15 is 0 Å². The summed E-state index contributed by atoms with van der Waals surface area (Å²) in [6.45, 7) is 0.617. The number of thiophene rings is 1. The zero-order chi connectivity index (χ0) is 17.5. The van der Waals surface area contributed by atoms with Gasteiger partial charge in [0.2, 0.25) is 0 Å². The monoisotopic (exact) mass is 381 g/mol. The highest BCUT2D eigenvalue weighted by molar-refractivity contribution is 7.21. The van der Waals surface area contributed by atoms with E-state index in [0.717, 1.165) is 45.0 Å². The van der Waals surface area contributed by atoms with Crippen LogP contribution in [0.2, 0.25) is 0 Å². The van der Waals surface area contributed by atoms with E-state index in [-0.39, 0.29) is 5.91 Å². The highest BCUT2D eigenvalue weighted by atomic mass is 32.1. The van der Waals surface area contributed by atoms with Crippen molar-refractivity contribution in [2.75, 3.05) is 6.54 Å². The highest BCUT2D eigenvalue weighted by Crippen LogP contribution is 2.28. The molecule has 0 atom stereocenters. The van der Waals surface area contributed by atoms with E-state index in [9.17, 15) is 4.79 Å². The average molecular weight is 381 g/mol. The maximum absolute atomic E-state index is 12.4. The summed E-state index contributed by atoms with van der Waals surface area (Å²) in [7, 11) is 0. The number of hydrogen-bond donors (Lipinski definition) is 2. The molecule has 0 bridgehead atoms. The SMILES string of the molecule is O=C(NCCCc1nc2ccccc2[nH]1)c1cc2c(nc3sccn32)s1. The summed E-state index contributed by atoms with van der Waals surface area (Å²) in [6, 6.07) is 9.91. The molecule has 0 unspecified atom stereocenters. The molecule has 0 saturated carbocycles. The maximum atomic E-state index is 12.4. The zero-order valence-corrected chi connectivity index (χ0v) is 15.4. The van der Waals surface area contributed by atoms with Crippen molar-refractivity contribution in [3.05, 3.63) is 52.6 Å². The predicted molar refractivity (Wildman–Crippen MR) is 105 cm³/mol. The molecular formula is C18H15N5OS2. The number of carbonyl (C=O) groups is 1. The lowest BCUT2D eigenvalue weighted by Gasteiger charge is -2.02. The summed E-state index contributed by atoms with van der Waals surface area (Å²) in [4.78, 5) is 27.4. The molecule has 6 nitrogen and oxygen atoms in total. The third kappa shape index (κ3) is 2.67. The van der Waals surface area contributed by atoms with Crippen LogP contribution in [0.1, 0.15) is 21.9 Å². The number of H-pyrrole nitrogens is 1. The zero-order valence-electron chi connectivity index (χ0n) is 13.7. The standard InChI is InChI=1S/C18H15N5OS2/c24-16(14-10-13-17(26-14)22-18-23(13)8-9-25-18)19-7-3-6-15-20-11-4-1-2-5-12(11)21-15/h1-2,4-5,8-10H,3,6-7H2,(H,19,24)(H,20,21). The van der Waals surface area contributed by atoms with Crippen LogP contribution in [-0.2, 0) is 6.42 Å². The minimum Gasteiger partial charge on any atom is -0.351 e. The molecular weight excluding hydrogens is 366 g/mol. The number of hydrogen-bond acceptors (Lipinski definition) is 5. The van der Waals surface area contributed by atoms with E-state index < -0.39 is 0 Å². The second kappa shape index (κ2) is 6.22. The third-order valence-corrected chi connectivity index (χ3v) is 6.05. The lowest BCUT2D eigenvalue weighted by Crippen LogP contribution is -2.23. The Hall–Kier alpha value is -2.71. The van der Waals surface area contributed by atoms with Crippen LogP contribution in [0, 0.1) is 0 Å². The number of aryl methyl sites for hydroxylation is 1. The van der Waals surface area contributed by atoms with Gasteiger partial charge in [-0.15, -0.1) is 22.7 Å². The van der Waals surface area contributed by atoms with Gasteiger partial charge in [0.25, 0.3) is 5.91 Å².